The molecule has 0 spiro atoms. The lowest BCUT2D eigenvalue weighted by Crippen LogP contribution is -2.07. The number of hydrazone groups is 1. The standard InChI is InChI=1S/C25H27ClN2O3/c1-4-30-24-14-20(15-27-28-16-21-7-5-6-8-23(21)29-3)13-22(26)25(24)31-17-19-11-9-18(2)10-12-19/h5-15,28H,4,16-17H2,1-3H3/b27-15+. The molecular formula is C25H27ClN2O3. The molecule has 31 heavy (non-hydrogen) atoms. The van der Waals surface area contributed by atoms with Crippen LogP contribution in [-0.4, -0.2) is 19.9 Å². The Kier molecular flexibility index (Phi) is 8.19. The Morgan fingerprint density at radius 2 is 1.77 bits per heavy atom. The zero-order valence-electron chi connectivity index (χ0n) is 18.0. The second-order valence-corrected chi connectivity index (χ2v) is 7.35. The SMILES string of the molecule is CCOc1cc(/C=N/NCc2ccccc2OC)cc(Cl)c1OCc1ccc(C)cc1. The highest BCUT2D eigenvalue weighted by molar-refractivity contribution is 6.32. The van der Waals surface area contributed by atoms with Crippen LogP contribution in [0.1, 0.15) is 29.2 Å². The average Bonchev–Trinajstić information content (AvgIpc) is 2.78. The van der Waals surface area contributed by atoms with E-state index in [1.807, 2.05) is 55.5 Å². The number of halogens is 1. The Balaban J connectivity index is 1.68. The van der Waals surface area contributed by atoms with Crippen LogP contribution in [0.3, 0.4) is 0 Å². The van der Waals surface area contributed by atoms with Gasteiger partial charge in [0.05, 0.1) is 31.5 Å². The number of aryl methyl sites for hydroxylation is 1. The molecular weight excluding hydrogens is 412 g/mol. The summed E-state index contributed by atoms with van der Waals surface area (Å²) in [6.45, 7) is 5.44. The summed E-state index contributed by atoms with van der Waals surface area (Å²) >= 11 is 6.51. The molecule has 0 aliphatic carbocycles. The third-order valence-corrected chi connectivity index (χ3v) is 4.88. The smallest absolute Gasteiger partial charge is 0.180 e. The van der Waals surface area contributed by atoms with Crippen molar-refractivity contribution in [1.29, 1.82) is 0 Å². The first kappa shape index (κ1) is 22.5. The molecule has 0 fully saturated rings. The fourth-order valence-corrected chi connectivity index (χ4v) is 3.28. The molecule has 0 aromatic heterocycles. The molecule has 0 saturated heterocycles. The minimum Gasteiger partial charge on any atom is -0.496 e. The zero-order valence-corrected chi connectivity index (χ0v) is 18.8. The fraction of sp³-hybridized carbons (Fsp3) is 0.240. The van der Waals surface area contributed by atoms with Crippen molar-refractivity contribution >= 4 is 17.8 Å². The molecule has 0 saturated carbocycles. The number of nitrogens with one attached hydrogen (secondary N) is 1. The largest absolute Gasteiger partial charge is 0.496 e. The summed E-state index contributed by atoms with van der Waals surface area (Å²) in [7, 11) is 1.65. The minimum atomic E-state index is 0.411. The van der Waals surface area contributed by atoms with Gasteiger partial charge in [0.2, 0.25) is 0 Å². The summed E-state index contributed by atoms with van der Waals surface area (Å²) in [6, 6.07) is 19.7. The Morgan fingerprint density at radius 1 is 1.00 bits per heavy atom. The predicted molar refractivity (Wildman–Crippen MR) is 126 cm³/mol. The summed E-state index contributed by atoms with van der Waals surface area (Å²) in [4.78, 5) is 0. The van der Waals surface area contributed by atoms with Gasteiger partial charge in [-0.15, -0.1) is 0 Å². The maximum Gasteiger partial charge on any atom is 0.180 e. The van der Waals surface area contributed by atoms with E-state index in [4.69, 9.17) is 25.8 Å². The van der Waals surface area contributed by atoms with E-state index in [2.05, 4.69) is 29.6 Å². The summed E-state index contributed by atoms with van der Waals surface area (Å²) in [5.41, 5.74) is 7.14. The first-order valence-corrected chi connectivity index (χ1v) is 10.5. The van der Waals surface area contributed by atoms with Gasteiger partial charge in [-0.1, -0.05) is 59.6 Å². The molecule has 0 radical (unpaired) electrons. The predicted octanol–water partition coefficient (Wildman–Crippen LogP) is 5.76. The van der Waals surface area contributed by atoms with Gasteiger partial charge in [0, 0.05) is 5.56 Å². The van der Waals surface area contributed by atoms with E-state index in [1.54, 1.807) is 13.3 Å². The normalized spacial score (nSPS) is 10.8. The van der Waals surface area contributed by atoms with Crippen LogP contribution < -0.4 is 19.6 Å². The van der Waals surface area contributed by atoms with Gasteiger partial charge >= 0.3 is 0 Å². The second-order valence-electron chi connectivity index (χ2n) is 6.94. The Labute approximate surface area is 188 Å². The lowest BCUT2D eigenvalue weighted by atomic mass is 10.1. The average molecular weight is 439 g/mol. The van der Waals surface area contributed by atoms with Crippen molar-refractivity contribution in [3.8, 4) is 17.2 Å². The molecule has 6 heteroatoms. The molecule has 0 aliphatic rings. The molecule has 0 atom stereocenters. The molecule has 0 amide bonds. The number of hydrogen-bond acceptors (Lipinski definition) is 5. The van der Waals surface area contributed by atoms with Crippen LogP contribution in [-0.2, 0) is 13.2 Å². The van der Waals surface area contributed by atoms with E-state index >= 15 is 0 Å². The number of para-hydroxylation sites is 1. The van der Waals surface area contributed by atoms with Crippen molar-refractivity contribution in [2.75, 3.05) is 13.7 Å². The highest BCUT2D eigenvalue weighted by Gasteiger charge is 2.12. The van der Waals surface area contributed by atoms with E-state index in [-0.39, 0.29) is 0 Å². The maximum atomic E-state index is 6.51. The van der Waals surface area contributed by atoms with Gasteiger partial charge in [-0.2, -0.15) is 5.10 Å². The highest BCUT2D eigenvalue weighted by atomic mass is 35.5. The van der Waals surface area contributed by atoms with Gasteiger partial charge in [0.25, 0.3) is 0 Å². The van der Waals surface area contributed by atoms with Crippen LogP contribution in [0, 0.1) is 6.92 Å². The molecule has 5 nitrogen and oxygen atoms in total. The van der Waals surface area contributed by atoms with Crippen LogP contribution in [0.2, 0.25) is 5.02 Å². The van der Waals surface area contributed by atoms with Gasteiger partial charge in [-0.3, -0.25) is 0 Å². The van der Waals surface area contributed by atoms with Crippen LogP contribution in [0.25, 0.3) is 0 Å². The van der Waals surface area contributed by atoms with E-state index in [0.29, 0.717) is 36.3 Å². The van der Waals surface area contributed by atoms with Crippen LogP contribution >= 0.6 is 11.6 Å². The number of hydrogen-bond donors (Lipinski definition) is 1. The Hall–Kier alpha value is -3.18. The molecule has 3 rings (SSSR count). The number of nitrogens with zero attached hydrogens (tertiary/aromatic N) is 1. The first-order valence-electron chi connectivity index (χ1n) is 10.1. The molecule has 3 aromatic rings. The minimum absolute atomic E-state index is 0.411. The third kappa shape index (κ3) is 6.40. The molecule has 3 aromatic carbocycles. The molecule has 1 N–H and O–H groups in total. The Morgan fingerprint density at radius 3 is 2.52 bits per heavy atom. The first-order chi connectivity index (χ1) is 15.1. The van der Waals surface area contributed by atoms with Crippen LogP contribution in [0.4, 0.5) is 0 Å². The summed E-state index contributed by atoms with van der Waals surface area (Å²) < 4.78 is 17.1. The van der Waals surface area contributed by atoms with E-state index < -0.39 is 0 Å². The van der Waals surface area contributed by atoms with Crippen molar-refractivity contribution in [2.24, 2.45) is 5.10 Å². The van der Waals surface area contributed by atoms with Gasteiger partial charge in [0.15, 0.2) is 11.5 Å². The van der Waals surface area contributed by atoms with Crippen LogP contribution in [0.5, 0.6) is 17.2 Å². The topological polar surface area (TPSA) is 52.1 Å². The lowest BCUT2D eigenvalue weighted by Gasteiger charge is -2.14. The molecule has 0 heterocycles. The van der Waals surface area contributed by atoms with E-state index in [9.17, 15) is 0 Å². The van der Waals surface area contributed by atoms with Crippen LogP contribution in [0.15, 0.2) is 65.8 Å². The quantitative estimate of drug-likeness (QED) is 0.323. The molecule has 0 bridgehead atoms. The summed E-state index contributed by atoms with van der Waals surface area (Å²) in [6.07, 6.45) is 1.70. The van der Waals surface area contributed by atoms with E-state index in [0.717, 1.165) is 22.4 Å². The zero-order chi connectivity index (χ0) is 22.1. The van der Waals surface area contributed by atoms with Crippen molar-refractivity contribution in [2.45, 2.75) is 27.0 Å². The number of methoxy groups -OCH3 is 1. The fourth-order valence-electron chi connectivity index (χ4n) is 3.01. The second kappa shape index (κ2) is 11.3. The van der Waals surface area contributed by atoms with E-state index in [1.165, 1.54) is 5.56 Å². The van der Waals surface area contributed by atoms with Gasteiger partial charge in [0.1, 0.15) is 12.4 Å². The maximum absolute atomic E-state index is 6.51. The molecule has 162 valence electrons. The lowest BCUT2D eigenvalue weighted by molar-refractivity contribution is 0.269. The van der Waals surface area contributed by atoms with Crippen molar-refractivity contribution < 1.29 is 14.2 Å². The Bertz CT molecular complexity index is 1020. The van der Waals surface area contributed by atoms with Crippen molar-refractivity contribution in [3.05, 3.63) is 87.9 Å². The number of benzene rings is 3. The summed E-state index contributed by atoms with van der Waals surface area (Å²) in [5.74, 6) is 1.94. The number of ether oxygens (including phenoxy) is 3. The number of rotatable bonds is 10. The summed E-state index contributed by atoms with van der Waals surface area (Å²) in [5, 5.41) is 4.78. The monoisotopic (exact) mass is 438 g/mol. The highest BCUT2D eigenvalue weighted by Crippen LogP contribution is 2.37. The molecule has 0 aliphatic heterocycles. The third-order valence-electron chi connectivity index (χ3n) is 4.60. The van der Waals surface area contributed by atoms with Crippen molar-refractivity contribution in [1.82, 2.24) is 5.43 Å². The van der Waals surface area contributed by atoms with Gasteiger partial charge in [-0.25, -0.2) is 0 Å². The van der Waals surface area contributed by atoms with Gasteiger partial charge in [-0.05, 0) is 43.2 Å². The molecule has 0 unspecified atom stereocenters. The van der Waals surface area contributed by atoms with Crippen molar-refractivity contribution in [3.63, 3.8) is 0 Å². The van der Waals surface area contributed by atoms with Gasteiger partial charge < -0.3 is 19.6 Å².